The van der Waals surface area contributed by atoms with Crippen molar-refractivity contribution in [1.29, 1.82) is 0 Å². The van der Waals surface area contributed by atoms with Crippen molar-refractivity contribution in [2.75, 3.05) is 38.6 Å². The zero-order valence-electron chi connectivity index (χ0n) is 19.6. The van der Waals surface area contributed by atoms with Crippen molar-refractivity contribution >= 4 is 42.6 Å². The molecule has 0 radical (unpaired) electrons. The number of halogens is 1. The van der Waals surface area contributed by atoms with Crippen LogP contribution in [-0.2, 0) is 10.0 Å². The summed E-state index contributed by atoms with van der Waals surface area (Å²) in [6.45, 7) is 3.39. The molecule has 0 spiro atoms. The number of benzene rings is 2. The van der Waals surface area contributed by atoms with E-state index in [1.165, 1.54) is 34.4 Å². The molecule has 1 unspecified atom stereocenters. The van der Waals surface area contributed by atoms with E-state index >= 15 is 0 Å². The second-order valence-corrected chi connectivity index (χ2v) is 11.7. The molecule has 2 heterocycles. The molecule has 0 bridgehead atoms. The molecule has 0 aliphatic carbocycles. The fraction of sp³-hybridized carbons (Fsp3) is 0.417. The second kappa shape index (κ2) is 10.1. The lowest BCUT2D eigenvalue weighted by molar-refractivity contribution is 0.0985. The van der Waals surface area contributed by atoms with Gasteiger partial charge in [0.15, 0.2) is 5.13 Å². The number of rotatable bonds is 7. The van der Waals surface area contributed by atoms with Crippen molar-refractivity contribution in [3.05, 3.63) is 53.8 Å². The molecule has 1 aromatic heterocycles. The zero-order chi connectivity index (χ0) is 24.5. The first kappa shape index (κ1) is 24.7. The van der Waals surface area contributed by atoms with Crippen molar-refractivity contribution in [2.24, 2.45) is 0 Å². The summed E-state index contributed by atoms with van der Waals surface area (Å²) in [4.78, 5) is 21.5. The van der Waals surface area contributed by atoms with E-state index in [1.807, 2.05) is 25.9 Å². The van der Waals surface area contributed by atoms with E-state index in [9.17, 15) is 17.6 Å². The van der Waals surface area contributed by atoms with Crippen LogP contribution in [0.1, 0.15) is 36.5 Å². The summed E-state index contributed by atoms with van der Waals surface area (Å²) in [5, 5.41) is 0.408. The van der Waals surface area contributed by atoms with Crippen molar-refractivity contribution in [3.8, 4) is 0 Å². The Bertz CT molecular complexity index is 1280. The van der Waals surface area contributed by atoms with E-state index in [4.69, 9.17) is 0 Å². The molecule has 1 aliphatic rings. The number of piperidine rings is 1. The Morgan fingerprint density at radius 1 is 1.15 bits per heavy atom. The molecule has 182 valence electrons. The quantitative estimate of drug-likeness (QED) is 0.482. The third kappa shape index (κ3) is 5.00. The average molecular weight is 505 g/mol. The van der Waals surface area contributed by atoms with E-state index in [2.05, 4.69) is 4.98 Å². The first-order valence-corrected chi connectivity index (χ1v) is 13.6. The lowest BCUT2D eigenvalue weighted by atomic mass is 10.1. The molecule has 2 aromatic carbocycles. The summed E-state index contributed by atoms with van der Waals surface area (Å²) in [7, 11) is 0.190. The third-order valence-electron chi connectivity index (χ3n) is 6.06. The number of hydrogen-bond donors (Lipinski definition) is 0. The standard InChI is InChI=1S/C24H29FN4O3S2/c1-17-7-4-5-14-29(17)34(31,32)19-12-10-18(11-13-19)23(30)28(16-15-27(2)3)24-26-22-20(25)8-6-9-21(22)33-24/h6,8-13,17H,4-5,7,14-16H2,1-3H3. The van der Waals surface area contributed by atoms with Crippen LogP contribution in [0.2, 0.25) is 0 Å². The topological polar surface area (TPSA) is 73.8 Å². The molecule has 1 fully saturated rings. The van der Waals surface area contributed by atoms with E-state index in [1.54, 1.807) is 28.6 Å². The van der Waals surface area contributed by atoms with Crippen molar-refractivity contribution in [2.45, 2.75) is 37.1 Å². The maximum absolute atomic E-state index is 14.2. The number of hydrogen-bond acceptors (Lipinski definition) is 6. The number of anilines is 1. The summed E-state index contributed by atoms with van der Waals surface area (Å²) < 4.78 is 42.7. The molecule has 34 heavy (non-hydrogen) atoms. The van der Waals surface area contributed by atoms with Crippen LogP contribution in [0.4, 0.5) is 9.52 Å². The molecular weight excluding hydrogens is 475 g/mol. The second-order valence-electron chi connectivity index (χ2n) is 8.83. The van der Waals surface area contributed by atoms with Crippen LogP contribution < -0.4 is 4.90 Å². The lowest BCUT2D eigenvalue weighted by Gasteiger charge is -2.32. The molecule has 10 heteroatoms. The predicted octanol–water partition coefficient (Wildman–Crippen LogP) is 4.21. The van der Waals surface area contributed by atoms with Crippen LogP contribution in [0.15, 0.2) is 47.4 Å². The summed E-state index contributed by atoms with van der Waals surface area (Å²) in [6, 6.07) is 10.8. The number of likely N-dealkylation sites (N-methyl/N-ethyl adjacent to an activating group) is 1. The highest BCUT2D eigenvalue weighted by atomic mass is 32.2. The van der Waals surface area contributed by atoms with Crippen LogP contribution in [0.25, 0.3) is 10.2 Å². The monoisotopic (exact) mass is 504 g/mol. The molecule has 1 saturated heterocycles. The van der Waals surface area contributed by atoms with Gasteiger partial charge in [-0.1, -0.05) is 23.8 Å². The minimum atomic E-state index is -3.62. The van der Waals surface area contributed by atoms with E-state index in [0.717, 1.165) is 19.3 Å². The highest BCUT2D eigenvalue weighted by Gasteiger charge is 2.31. The Hall–Kier alpha value is -2.40. The molecule has 4 rings (SSSR count). The highest BCUT2D eigenvalue weighted by Crippen LogP contribution is 2.31. The number of amides is 1. The van der Waals surface area contributed by atoms with Crippen LogP contribution in [0, 0.1) is 5.82 Å². The zero-order valence-corrected chi connectivity index (χ0v) is 21.2. The fourth-order valence-electron chi connectivity index (χ4n) is 4.09. The van der Waals surface area contributed by atoms with E-state index in [-0.39, 0.29) is 22.4 Å². The number of carbonyl (C=O) groups is 1. The van der Waals surface area contributed by atoms with Crippen molar-refractivity contribution < 1.29 is 17.6 Å². The summed E-state index contributed by atoms with van der Waals surface area (Å²) >= 11 is 1.25. The number of para-hydroxylation sites is 1. The van der Waals surface area contributed by atoms with Gasteiger partial charge < -0.3 is 4.90 Å². The molecule has 7 nitrogen and oxygen atoms in total. The van der Waals surface area contributed by atoms with Gasteiger partial charge in [0.1, 0.15) is 11.3 Å². The summed E-state index contributed by atoms with van der Waals surface area (Å²) in [5.41, 5.74) is 0.589. The molecular formula is C24H29FN4O3S2. The van der Waals surface area contributed by atoms with E-state index in [0.29, 0.717) is 35.0 Å². The molecule has 1 atom stereocenters. The Kier molecular flexibility index (Phi) is 7.32. The van der Waals surface area contributed by atoms with Crippen LogP contribution >= 0.6 is 11.3 Å². The Morgan fingerprint density at radius 2 is 1.88 bits per heavy atom. The van der Waals surface area contributed by atoms with Crippen molar-refractivity contribution in [1.82, 2.24) is 14.2 Å². The lowest BCUT2D eigenvalue weighted by Crippen LogP contribution is -2.41. The molecule has 0 N–H and O–H groups in total. The van der Waals surface area contributed by atoms with Gasteiger partial charge in [-0.2, -0.15) is 4.31 Å². The van der Waals surface area contributed by atoms with Crippen LogP contribution in [0.3, 0.4) is 0 Å². The summed E-state index contributed by atoms with van der Waals surface area (Å²) in [6.07, 6.45) is 2.72. The van der Waals surface area contributed by atoms with Gasteiger partial charge in [0.05, 0.1) is 9.60 Å². The maximum Gasteiger partial charge on any atom is 0.260 e. The van der Waals surface area contributed by atoms with Gasteiger partial charge in [-0.15, -0.1) is 0 Å². The molecule has 3 aromatic rings. The highest BCUT2D eigenvalue weighted by molar-refractivity contribution is 7.89. The number of fused-ring (bicyclic) bond motifs is 1. The Labute approximate surface area is 203 Å². The SMILES string of the molecule is CC1CCCCN1S(=O)(=O)c1ccc(C(=O)N(CCN(C)C)c2nc3c(F)cccc3s2)cc1. The largest absolute Gasteiger partial charge is 0.308 e. The van der Waals surface area contributed by atoms with Gasteiger partial charge in [0.2, 0.25) is 10.0 Å². The number of sulfonamides is 1. The van der Waals surface area contributed by atoms with Gasteiger partial charge in [-0.25, -0.2) is 17.8 Å². The average Bonchev–Trinajstić information content (AvgIpc) is 3.24. The fourth-order valence-corrected chi connectivity index (χ4v) is 6.80. The van der Waals surface area contributed by atoms with Gasteiger partial charge in [-0.05, 0) is 70.3 Å². The first-order chi connectivity index (χ1) is 16.2. The minimum Gasteiger partial charge on any atom is -0.308 e. The van der Waals surface area contributed by atoms with Gasteiger partial charge in [-0.3, -0.25) is 9.69 Å². The van der Waals surface area contributed by atoms with Gasteiger partial charge in [0, 0.05) is 31.2 Å². The van der Waals surface area contributed by atoms with E-state index < -0.39 is 15.8 Å². The van der Waals surface area contributed by atoms with Gasteiger partial charge >= 0.3 is 0 Å². The van der Waals surface area contributed by atoms with Gasteiger partial charge in [0.25, 0.3) is 5.91 Å². The molecule has 1 amide bonds. The maximum atomic E-state index is 14.2. The van der Waals surface area contributed by atoms with Crippen LogP contribution in [-0.4, -0.2) is 68.3 Å². The van der Waals surface area contributed by atoms with Crippen LogP contribution in [0.5, 0.6) is 0 Å². The predicted molar refractivity (Wildman–Crippen MR) is 133 cm³/mol. The first-order valence-electron chi connectivity index (χ1n) is 11.3. The minimum absolute atomic E-state index is 0.0407. The Balaban J connectivity index is 1.63. The normalized spacial score (nSPS) is 17.4. The third-order valence-corrected chi connectivity index (χ3v) is 9.13. The Morgan fingerprint density at radius 3 is 2.53 bits per heavy atom. The number of aromatic nitrogens is 1. The number of nitrogens with zero attached hydrogens (tertiary/aromatic N) is 4. The smallest absolute Gasteiger partial charge is 0.260 e. The number of thiazole rings is 1. The van der Waals surface area contributed by atoms with Crippen molar-refractivity contribution in [3.63, 3.8) is 0 Å². The molecule has 1 aliphatic heterocycles. The summed E-state index contributed by atoms with van der Waals surface area (Å²) in [5.74, 6) is -0.738. The molecule has 0 saturated carbocycles. The number of carbonyl (C=O) groups excluding carboxylic acids is 1.